The molecule has 1 amide bonds. The highest BCUT2D eigenvalue weighted by atomic mass is 19.2. The first-order chi connectivity index (χ1) is 9.40. The molecule has 0 spiro atoms. The molecule has 2 aromatic rings. The van der Waals surface area contributed by atoms with Crippen LogP contribution in [0.15, 0.2) is 24.4 Å². The van der Waals surface area contributed by atoms with Crippen LogP contribution in [0, 0.1) is 29.2 Å². The molecule has 1 N–H and O–H groups in total. The number of halogens is 5. The molecule has 2 rings (SSSR count). The molecule has 104 valence electrons. The Morgan fingerprint density at radius 2 is 1.60 bits per heavy atom. The fourth-order valence-electron chi connectivity index (χ4n) is 1.38. The summed E-state index contributed by atoms with van der Waals surface area (Å²) >= 11 is 0. The third-order valence-electron chi connectivity index (χ3n) is 2.34. The van der Waals surface area contributed by atoms with Gasteiger partial charge in [0.25, 0.3) is 5.91 Å². The number of rotatable bonds is 2. The van der Waals surface area contributed by atoms with Gasteiger partial charge in [-0.2, -0.15) is 4.39 Å². The Bertz CT molecular complexity index is 646. The first kappa shape index (κ1) is 13.9. The van der Waals surface area contributed by atoms with E-state index >= 15 is 0 Å². The molecule has 0 radical (unpaired) electrons. The van der Waals surface area contributed by atoms with Crippen LogP contribution in [0.1, 0.15) is 10.4 Å². The summed E-state index contributed by atoms with van der Waals surface area (Å²) in [5, 5.41) is 1.66. The molecule has 0 fully saturated rings. The summed E-state index contributed by atoms with van der Waals surface area (Å²) in [5.74, 6) is -8.76. The van der Waals surface area contributed by atoms with Crippen LogP contribution in [0.4, 0.5) is 27.6 Å². The molecular weight excluding hydrogens is 283 g/mol. The van der Waals surface area contributed by atoms with E-state index in [0.717, 1.165) is 18.3 Å². The van der Waals surface area contributed by atoms with Crippen molar-refractivity contribution in [2.75, 3.05) is 5.32 Å². The molecular formula is C12H5F5N2O. The van der Waals surface area contributed by atoms with E-state index in [2.05, 4.69) is 4.98 Å². The van der Waals surface area contributed by atoms with Crippen LogP contribution in [0.3, 0.4) is 0 Å². The SMILES string of the molecule is O=C(Nc1c(F)c(F)cc(F)c1F)c1ccc(F)nc1. The summed E-state index contributed by atoms with van der Waals surface area (Å²) in [6.07, 6.45) is 0.802. The zero-order valence-corrected chi connectivity index (χ0v) is 9.55. The van der Waals surface area contributed by atoms with Crippen LogP contribution in [0.5, 0.6) is 0 Å². The topological polar surface area (TPSA) is 42.0 Å². The second-order valence-corrected chi connectivity index (χ2v) is 3.67. The van der Waals surface area contributed by atoms with Crippen LogP contribution in [-0.2, 0) is 0 Å². The molecule has 0 aliphatic heterocycles. The average molecular weight is 288 g/mol. The molecule has 8 heteroatoms. The number of anilines is 1. The number of carbonyl (C=O) groups excluding carboxylic acids is 1. The van der Waals surface area contributed by atoms with Gasteiger partial charge in [0.15, 0.2) is 23.3 Å². The molecule has 1 aromatic carbocycles. The molecule has 0 saturated carbocycles. The molecule has 3 nitrogen and oxygen atoms in total. The number of hydrogen-bond donors (Lipinski definition) is 1. The van der Waals surface area contributed by atoms with Crippen molar-refractivity contribution in [3.05, 3.63) is 59.2 Å². The minimum absolute atomic E-state index is 0.0137. The fraction of sp³-hybridized carbons (Fsp3) is 0. The minimum Gasteiger partial charge on any atom is -0.317 e. The Kier molecular flexibility index (Phi) is 3.64. The van der Waals surface area contributed by atoms with Gasteiger partial charge in [0, 0.05) is 12.3 Å². The fourth-order valence-corrected chi connectivity index (χ4v) is 1.38. The number of nitrogens with zero attached hydrogens (tertiary/aromatic N) is 1. The molecule has 20 heavy (non-hydrogen) atoms. The van der Waals surface area contributed by atoms with Crippen LogP contribution < -0.4 is 5.32 Å². The first-order valence-electron chi connectivity index (χ1n) is 5.16. The van der Waals surface area contributed by atoms with Crippen molar-refractivity contribution in [1.82, 2.24) is 4.98 Å². The lowest BCUT2D eigenvalue weighted by Crippen LogP contribution is -2.16. The van der Waals surface area contributed by atoms with E-state index in [9.17, 15) is 26.7 Å². The Labute approximate surface area is 109 Å². The van der Waals surface area contributed by atoms with Crippen LogP contribution in [0.2, 0.25) is 0 Å². The monoisotopic (exact) mass is 288 g/mol. The van der Waals surface area contributed by atoms with E-state index in [4.69, 9.17) is 0 Å². The summed E-state index contributed by atoms with van der Waals surface area (Å²) in [6.45, 7) is 0. The van der Waals surface area contributed by atoms with Crippen LogP contribution in [-0.4, -0.2) is 10.9 Å². The third kappa shape index (κ3) is 2.58. The largest absolute Gasteiger partial charge is 0.317 e. The highest BCUT2D eigenvalue weighted by molar-refractivity contribution is 6.04. The van der Waals surface area contributed by atoms with Gasteiger partial charge < -0.3 is 5.32 Å². The van der Waals surface area contributed by atoms with Gasteiger partial charge in [-0.15, -0.1) is 0 Å². The Balaban J connectivity index is 2.35. The molecule has 0 aliphatic rings. The molecule has 0 bridgehead atoms. The van der Waals surface area contributed by atoms with Gasteiger partial charge in [0.05, 0.1) is 5.56 Å². The number of amides is 1. The van der Waals surface area contributed by atoms with Crippen molar-refractivity contribution >= 4 is 11.6 Å². The van der Waals surface area contributed by atoms with E-state index in [-0.39, 0.29) is 11.6 Å². The summed E-state index contributed by atoms with van der Waals surface area (Å²) in [6, 6.07) is 1.84. The maximum Gasteiger partial charge on any atom is 0.257 e. The quantitative estimate of drug-likeness (QED) is 0.524. The van der Waals surface area contributed by atoms with Crippen molar-refractivity contribution in [2.45, 2.75) is 0 Å². The van der Waals surface area contributed by atoms with Gasteiger partial charge >= 0.3 is 0 Å². The first-order valence-corrected chi connectivity index (χ1v) is 5.16. The number of nitrogens with one attached hydrogen (secondary N) is 1. The van der Waals surface area contributed by atoms with E-state index in [1.807, 2.05) is 0 Å². The lowest BCUT2D eigenvalue weighted by atomic mass is 10.2. The van der Waals surface area contributed by atoms with Crippen molar-refractivity contribution in [3.8, 4) is 0 Å². The minimum atomic E-state index is -1.74. The predicted octanol–water partition coefficient (Wildman–Crippen LogP) is 3.03. The van der Waals surface area contributed by atoms with E-state index in [0.29, 0.717) is 0 Å². The summed E-state index contributed by atoms with van der Waals surface area (Å²) in [5.41, 5.74) is -1.51. The molecule has 0 aliphatic carbocycles. The normalized spacial score (nSPS) is 10.4. The summed E-state index contributed by atoms with van der Waals surface area (Å²) in [4.78, 5) is 14.8. The van der Waals surface area contributed by atoms with Crippen molar-refractivity contribution in [2.24, 2.45) is 0 Å². The van der Waals surface area contributed by atoms with Crippen molar-refractivity contribution < 1.29 is 26.7 Å². The second kappa shape index (κ2) is 5.24. The maximum atomic E-state index is 13.3. The number of aromatic nitrogens is 1. The standard InChI is InChI=1S/C12H5F5N2O/c13-6-3-7(14)10(17)11(9(6)16)19-12(20)5-1-2-8(15)18-4-5/h1-4H,(H,19,20). The molecule has 1 heterocycles. The second-order valence-electron chi connectivity index (χ2n) is 3.67. The van der Waals surface area contributed by atoms with E-state index < -0.39 is 40.8 Å². The zero-order chi connectivity index (χ0) is 14.9. The zero-order valence-electron chi connectivity index (χ0n) is 9.55. The van der Waals surface area contributed by atoms with Crippen molar-refractivity contribution in [1.29, 1.82) is 0 Å². The van der Waals surface area contributed by atoms with Crippen LogP contribution in [0.25, 0.3) is 0 Å². The van der Waals surface area contributed by atoms with Gasteiger partial charge in [-0.05, 0) is 12.1 Å². The third-order valence-corrected chi connectivity index (χ3v) is 2.34. The number of benzene rings is 1. The number of pyridine rings is 1. The smallest absolute Gasteiger partial charge is 0.257 e. The summed E-state index contributed by atoms with van der Waals surface area (Å²) < 4.78 is 65.0. The van der Waals surface area contributed by atoms with Gasteiger partial charge in [-0.25, -0.2) is 22.5 Å². The highest BCUT2D eigenvalue weighted by Crippen LogP contribution is 2.24. The van der Waals surface area contributed by atoms with Crippen LogP contribution >= 0.6 is 0 Å². The molecule has 1 aromatic heterocycles. The van der Waals surface area contributed by atoms with Gasteiger partial charge in [0.1, 0.15) is 5.69 Å². The number of hydrogen-bond acceptors (Lipinski definition) is 2. The predicted molar refractivity (Wildman–Crippen MR) is 58.4 cm³/mol. The van der Waals surface area contributed by atoms with Gasteiger partial charge in [0.2, 0.25) is 5.95 Å². The lowest BCUT2D eigenvalue weighted by molar-refractivity contribution is 0.102. The Morgan fingerprint density at radius 1 is 1.00 bits per heavy atom. The highest BCUT2D eigenvalue weighted by Gasteiger charge is 2.21. The Hall–Kier alpha value is -2.51. The lowest BCUT2D eigenvalue weighted by Gasteiger charge is -2.08. The summed E-state index contributed by atoms with van der Waals surface area (Å²) in [7, 11) is 0. The molecule has 0 atom stereocenters. The van der Waals surface area contributed by atoms with Crippen molar-refractivity contribution in [3.63, 3.8) is 0 Å². The van der Waals surface area contributed by atoms with Gasteiger partial charge in [-0.3, -0.25) is 4.79 Å². The molecule has 0 saturated heterocycles. The van der Waals surface area contributed by atoms with E-state index in [1.165, 1.54) is 0 Å². The van der Waals surface area contributed by atoms with E-state index in [1.54, 1.807) is 5.32 Å². The Morgan fingerprint density at radius 3 is 2.10 bits per heavy atom. The average Bonchev–Trinajstić information content (AvgIpc) is 2.42. The van der Waals surface area contributed by atoms with Gasteiger partial charge in [-0.1, -0.05) is 0 Å². The molecule has 0 unspecified atom stereocenters. The maximum absolute atomic E-state index is 13.3. The number of carbonyl (C=O) groups is 1.